The van der Waals surface area contributed by atoms with Gasteiger partial charge in [-0.05, 0) is 50.1 Å². The van der Waals surface area contributed by atoms with Crippen molar-refractivity contribution in [3.05, 3.63) is 46.6 Å². The Hall–Kier alpha value is -1.81. The third-order valence-electron chi connectivity index (χ3n) is 3.83. The van der Waals surface area contributed by atoms with E-state index in [4.69, 9.17) is 0 Å². The average Bonchev–Trinajstić information content (AvgIpc) is 2.99. The van der Waals surface area contributed by atoms with Gasteiger partial charge in [-0.25, -0.2) is 0 Å². The van der Waals surface area contributed by atoms with Gasteiger partial charge in [0, 0.05) is 17.3 Å². The smallest absolute Gasteiger partial charge is 0.0828 e. The van der Waals surface area contributed by atoms with Crippen molar-refractivity contribution in [3.8, 4) is 0 Å². The first kappa shape index (κ1) is 14.1. The van der Waals surface area contributed by atoms with Gasteiger partial charge in [0.25, 0.3) is 0 Å². The first-order valence-electron chi connectivity index (χ1n) is 7.32. The van der Waals surface area contributed by atoms with Crippen LogP contribution in [0.3, 0.4) is 0 Å². The minimum absolute atomic E-state index is 0.390. The van der Waals surface area contributed by atoms with Gasteiger partial charge in [-0.3, -0.25) is 4.68 Å². The number of hydrogen-bond donors (Lipinski definition) is 1. The Balaban J connectivity index is 1.85. The van der Waals surface area contributed by atoms with Crippen molar-refractivity contribution < 1.29 is 0 Å². The Morgan fingerprint density at radius 2 is 2.00 bits per heavy atom. The summed E-state index contributed by atoms with van der Waals surface area (Å²) in [5.74, 6) is 0. The molecule has 0 atom stereocenters. The highest BCUT2D eigenvalue weighted by Gasteiger charge is 2.13. The number of fused-ring (bicyclic) bond motifs is 1. The molecule has 0 aliphatic rings. The average molecular weight is 299 g/mol. The van der Waals surface area contributed by atoms with E-state index in [-0.39, 0.29) is 0 Å². The minimum atomic E-state index is 0.390. The maximum Gasteiger partial charge on any atom is 0.0828 e. The SMILES string of the molecule is Cc1nn(C(C)C)c(C)c1NCc1csc2ccccc12. The summed E-state index contributed by atoms with van der Waals surface area (Å²) in [4.78, 5) is 0. The van der Waals surface area contributed by atoms with Crippen molar-refractivity contribution in [3.63, 3.8) is 0 Å². The van der Waals surface area contributed by atoms with Crippen molar-refractivity contribution in [1.29, 1.82) is 0 Å². The van der Waals surface area contributed by atoms with Crippen LogP contribution in [-0.2, 0) is 6.54 Å². The Morgan fingerprint density at radius 3 is 2.71 bits per heavy atom. The Morgan fingerprint density at radius 1 is 1.24 bits per heavy atom. The van der Waals surface area contributed by atoms with E-state index >= 15 is 0 Å². The summed E-state index contributed by atoms with van der Waals surface area (Å²) < 4.78 is 3.43. The second-order valence-electron chi connectivity index (χ2n) is 5.69. The summed E-state index contributed by atoms with van der Waals surface area (Å²) in [7, 11) is 0. The summed E-state index contributed by atoms with van der Waals surface area (Å²) in [6.07, 6.45) is 0. The molecule has 0 aliphatic carbocycles. The van der Waals surface area contributed by atoms with Crippen LogP contribution in [0.1, 0.15) is 36.8 Å². The Labute approximate surface area is 129 Å². The van der Waals surface area contributed by atoms with Crippen LogP contribution in [0.25, 0.3) is 10.1 Å². The van der Waals surface area contributed by atoms with Gasteiger partial charge in [-0.1, -0.05) is 18.2 Å². The fourth-order valence-electron chi connectivity index (χ4n) is 2.77. The van der Waals surface area contributed by atoms with Crippen LogP contribution in [0.4, 0.5) is 5.69 Å². The highest BCUT2D eigenvalue weighted by atomic mass is 32.1. The van der Waals surface area contributed by atoms with Gasteiger partial charge in [0.05, 0.1) is 17.1 Å². The lowest BCUT2D eigenvalue weighted by molar-refractivity contribution is 0.516. The fourth-order valence-corrected chi connectivity index (χ4v) is 3.74. The van der Waals surface area contributed by atoms with Crippen molar-refractivity contribution >= 4 is 27.1 Å². The van der Waals surface area contributed by atoms with E-state index in [1.165, 1.54) is 27.0 Å². The molecule has 2 aromatic heterocycles. The molecular formula is C17H21N3S. The molecule has 0 fully saturated rings. The zero-order chi connectivity index (χ0) is 15.0. The van der Waals surface area contributed by atoms with Crippen LogP contribution in [0, 0.1) is 13.8 Å². The Bertz CT molecular complexity index is 768. The lowest BCUT2D eigenvalue weighted by Crippen LogP contribution is -2.06. The zero-order valence-electron chi connectivity index (χ0n) is 13.0. The van der Waals surface area contributed by atoms with Gasteiger partial charge in [0.2, 0.25) is 0 Å². The van der Waals surface area contributed by atoms with Crippen molar-refractivity contribution in [1.82, 2.24) is 9.78 Å². The van der Waals surface area contributed by atoms with Gasteiger partial charge in [-0.2, -0.15) is 5.10 Å². The number of rotatable bonds is 4. The molecule has 3 nitrogen and oxygen atoms in total. The van der Waals surface area contributed by atoms with Gasteiger partial charge in [0.15, 0.2) is 0 Å². The molecule has 0 aliphatic heterocycles. The lowest BCUT2D eigenvalue weighted by atomic mass is 10.2. The predicted octanol–water partition coefficient (Wildman–Crippen LogP) is 4.91. The van der Waals surface area contributed by atoms with E-state index in [9.17, 15) is 0 Å². The minimum Gasteiger partial charge on any atom is -0.378 e. The van der Waals surface area contributed by atoms with Crippen molar-refractivity contribution in [2.75, 3.05) is 5.32 Å². The van der Waals surface area contributed by atoms with E-state index in [0.29, 0.717) is 6.04 Å². The van der Waals surface area contributed by atoms with Crippen LogP contribution < -0.4 is 5.32 Å². The molecule has 21 heavy (non-hydrogen) atoms. The van der Waals surface area contributed by atoms with E-state index in [0.717, 1.165) is 12.2 Å². The summed E-state index contributed by atoms with van der Waals surface area (Å²) in [5, 5.41) is 11.8. The number of benzene rings is 1. The summed E-state index contributed by atoms with van der Waals surface area (Å²) in [5.41, 5.74) is 4.80. The number of hydrogen-bond acceptors (Lipinski definition) is 3. The molecule has 0 radical (unpaired) electrons. The molecule has 0 saturated heterocycles. The molecule has 4 heteroatoms. The van der Waals surface area contributed by atoms with Gasteiger partial charge in [-0.15, -0.1) is 11.3 Å². The standard InChI is InChI=1S/C17H21N3S/c1-11(2)20-13(4)17(12(3)19-20)18-9-14-10-21-16-8-6-5-7-15(14)16/h5-8,10-11,18H,9H2,1-4H3. The first-order valence-corrected chi connectivity index (χ1v) is 8.20. The molecular weight excluding hydrogens is 278 g/mol. The van der Waals surface area contributed by atoms with Crippen molar-refractivity contribution in [2.45, 2.75) is 40.3 Å². The molecule has 0 amide bonds. The quantitative estimate of drug-likeness (QED) is 0.742. The molecule has 3 aromatic rings. The number of aromatic nitrogens is 2. The van der Waals surface area contributed by atoms with Crippen molar-refractivity contribution in [2.24, 2.45) is 0 Å². The monoisotopic (exact) mass is 299 g/mol. The highest BCUT2D eigenvalue weighted by molar-refractivity contribution is 7.17. The maximum absolute atomic E-state index is 4.63. The van der Waals surface area contributed by atoms with Crippen LogP contribution in [-0.4, -0.2) is 9.78 Å². The summed E-state index contributed by atoms with van der Waals surface area (Å²) >= 11 is 1.81. The molecule has 1 N–H and O–H groups in total. The zero-order valence-corrected chi connectivity index (χ0v) is 13.8. The maximum atomic E-state index is 4.63. The largest absolute Gasteiger partial charge is 0.378 e. The van der Waals surface area contributed by atoms with E-state index in [1.54, 1.807) is 11.3 Å². The van der Waals surface area contributed by atoms with Gasteiger partial charge in [0.1, 0.15) is 0 Å². The predicted molar refractivity (Wildman–Crippen MR) is 91.2 cm³/mol. The first-order chi connectivity index (χ1) is 10.1. The summed E-state index contributed by atoms with van der Waals surface area (Å²) in [6, 6.07) is 8.96. The normalized spacial score (nSPS) is 11.5. The van der Waals surface area contributed by atoms with Gasteiger partial charge < -0.3 is 5.32 Å². The number of nitrogens with zero attached hydrogens (tertiary/aromatic N) is 2. The third-order valence-corrected chi connectivity index (χ3v) is 4.84. The molecule has 0 spiro atoms. The molecule has 3 rings (SSSR count). The fraction of sp³-hybridized carbons (Fsp3) is 0.353. The van der Waals surface area contributed by atoms with Crippen LogP contribution in [0.5, 0.6) is 0 Å². The number of aryl methyl sites for hydroxylation is 1. The second-order valence-corrected chi connectivity index (χ2v) is 6.61. The molecule has 0 saturated carbocycles. The molecule has 2 heterocycles. The Kier molecular flexibility index (Phi) is 3.72. The van der Waals surface area contributed by atoms with Crippen LogP contribution in [0.15, 0.2) is 29.6 Å². The summed E-state index contributed by atoms with van der Waals surface area (Å²) in [6.45, 7) is 9.37. The number of thiophene rings is 1. The van der Waals surface area contributed by atoms with E-state index < -0.39 is 0 Å². The lowest BCUT2D eigenvalue weighted by Gasteiger charge is -2.10. The number of nitrogens with one attached hydrogen (secondary N) is 1. The molecule has 0 unspecified atom stereocenters. The van der Waals surface area contributed by atoms with Gasteiger partial charge >= 0.3 is 0 Å². The van der Waals surface area contributed by atoms with Crippen LogP contribution in [0.2, 0.25) is 0 Å². The molecule has 1 aromatic carbocycles. The van der Waals surface area contributed by atoms with Crippen LogP contribution >= 0.6 is 11.3 Å². The van der Waals surface area contributed by atoms with E-state index in [1.807, 2.05) is 0 Å². The molecule has 110 valence electrons. The molecule has 0 bridgehead atoms. The third kappa shape index (κ3) is 2.56. The number of anilines is 1. The highest BCUT2D eigenvalue weighted by Crippen LogP contribution is 2.28. The topological polar surface area (TPSA) is 29.9 Å². The van der Waals surface area contributed by atoms with E-state index in [2.05, 4.69) is 72.4 Å². The second kappa shape index (κ2) is 5.53.